The van der Waals surface area contributed by atoms with Gasteiger partial charge in [-0.2, -0.15) is 0 Å². The summed E-state index contributed by atoms with van der Waals surface area (Å²) in [6.07, 6.45) is 0.714. The van der Waals surface area contributed by atoms with Crippen molar-refractivity contribution in [1.82, 2.24) is 14.6 Å². The van der Waals surface area contributed by atoms with Crippen LogP contribution < -0.4 is 5.32 Å². The standard InChI is InChI=1S/C19H16BrFN4O2S/c1-3-17-23-24-19(15-8-16-14(25(15)17)6-10(2)27-16)28-9-18(26)22-13-5-4-11(20)7-12(13)21/h4-8H,3,9H2,1-2H3,(H,22,26). The lowest BCUT2D eigenvalue weighted by molar-refractivity contribution is -0.113. The first kappa shape index (κ1) is 18.9. The van der Waals surface area contributed by atoms with Crippen LogP contribution in [0.1, 0.15) is 18.5 Å². The summed E-state index contributed by atoms with van der Waals surface area (Å²) in [6.45, 7) is 3.91. The van der Waals surface area contributed by atoms with Crippen molar-refractivity contribution >= 4 is 55.9 Å². The van der Waals surface area contributed by atoms with Crippen LogP contribution >= 0.6 is 27.7 Å². The number of hydrogen-bond donors (Lipinski definition) is 1. The summed E-state index contributed by atoms with van der Waals surface area (Å²) >= 11 is 4.44. The third kappa shape index (κ3) is 3.51. The molecule has 0 saturated heterocycles. The minimum Gasteiger partial charge on any atom is -0.460 e. The second kappa shape index (κ2) is 7.56. The van der Waals surface area contributed by atoms with Gasteiger partial charge < -0.3 is 9.73 Å². The van der Waals surface area contributed by atoms with Crippen molar-refractivity contribution in [3.63, 3.8) is 0 Å². The molecule has 0 spiro atoms. The van der Waals surface area contributed by atoms with Gasteiger partial charge in [0.05, 0.1) is 22.5 Å². The molecule has 28 heavy (non-hydrogen) atoms. The third-order valence-corrected chi connectivity index (χ3v) is 5.67. The second-order valence-electron chi connectivity index (χ2n) is 6.21. The Kier molecular flexibility index (Phi) is 5.11. The first-order chi connectivity index (χ1) is 13.5. The Morgan fingerprint density at radius 3 is 2.86 bits per heavy atom. The number of benzene rings is 1. The van der Waals surface area contributed by atoms with Crippen molar-refractivity contribution in [2.24, 2.45) is 0 Å². The molecule has 144 valence electrons. The number of halogens is 2. The van der Waals surface area contributed by atoms with Crippen molar-refractivity contribution < 1.29 is 13.6 Å². The number of rotatable bonds is 5. The summed E-state index contributed by atoms with van der Waals surface area (Å²) in [7, 11) is 0. The van der Waals surface area contributed by atoms with Crippen LogP contribution in [-0.2, 0) is 11.2 Å². The third-order valence-electron chi connectivity index (χ3n) is 4.21. The van der Waals surface area contributed by atoms with Gasteiger partial charge in [-0.25, -0.2) is 4.39 Å². The molecule has 0 aliphatic heterocycles. The zero-order valence-corrected chi connectivity index (χ0v) is 17.5. The van der Waals surface area contributed by atoms with E-state index in [1.54, 1.807) is 6.07 Å². The number of aryl methyl sites for hydroxylation is 2. The number of amides is 1. The summed E-state index contributed by atoms with van der Waals surface area (Å²) in [6, 6.07) is 8.35. The Hall–Kier alpha value is -2.39. The fourth-order valence-corrected chi connectivity index (χ4v) is 4.06. The number of thioether (sulfide) groups is 1. The van der Waals surface area contributed by atoms with Crippen LogP contribution in [0.2, 0.25) is 0 Å². The number of fused-ring (bicyclic) bond motifs is 3. The maximum atomic E-state index is 13.9. The van der Waals surface area contributed by atoms with Gasteiger partial charge in [0.25, 0.3) is 0 Å². The molecule has 0 bridgehead atoms. The maximum Gasteiger partial charge on any atom is 0.234 e. The molecule has 4 rings (SSSR count). The molecule has 0 aliphatic rings. The molecule has 6 nitrogen and oxygen atoms in total. The molecule has 1 aromatic carbocycles. The van der Waals surface area contributed by atoms with Gasteiger partial charge in [0, 0.05) is 23.0 Å². The molecule has 0 radical (unpaired) electrons. The lowest BCUT2D eigenvalue weighted by atomic mass is 10.3. The molecule has 0 unspecified atom stereocenters. The number of nitrogens with zero attached hydrogens (tertiary/aromatic N) is 3. The summed E-state index contributed by atoms with van der Waals surface area (Å²) in [5.41, 5.74) is 2.67. The van der Waals surface area contributed by atoms with E-state index in [0.717, 1.165) is 28.2 Å². The molecule has 0 saturated carbocycles. The molecular formula is C19H16BrFN4O2S. The van der Waals surface area contributed by atoms with Crippen LogP contribution in [0, 0.1) is 12.7 Å². The van der Waals surface area contributed by atoms with Crippen molar-refractivity contribution in [2.45, 2.75) is 25.3 Å². The Balaban J connectivity index is 1.58. The second-order valence-corrected chi connectivity index (χ2v) is 8.09. The highest BCUT2D eigenvalue weighted by atomic mass is 79.9. The highest BCUT2D eigenvalue weighted by molar-refractivity contribution is 9.10. The van der Waals surface area contributed by atoms with E-state index in [9.17, 15) is 9.18 Å². The largest absolute Gasteiger partial charge is 0.460 e. The number of anilines is 1. The van der Waals surface area contributed by atoms with E-state index in [2.05, 4.69) is 31.4 Å². The van der Waals surface area contributed by atoms with Crippen LogP contribution in [0.3, 0.4) is 0 Å². The van der Waals surface area contributed by atoms with Crippen molar-refractivity contribution in [2.75, 3.05) is 11.1 Å². The zero-order valence-electron chi connectivity index (χ0n) is 15.1. The quantitative estimate of drug-likeness (QED) is 0.423. The lowest BCUT2D eigenvalue weighted by Gasteiger charge is -2.08. The molecule has 0 atom stereocenters. The molecule has 9 heteroatoms. The van der Waals surface area contributed by atoms with Crippen molar-refractivity contribution in [1.29, 1.82) is 0 Å². The molecular weight excluding hydrogens is 447 g/mol. The van der Waals surface area contributed by atoms with Gasteiger partial charge in [0.2, 0.25) is 5.91 Å². The van der Waals surface area contributed by atoms with Crippen molar-refractivity contribution in [3.05, 3.63) is 52.2 Å². The average Bonchev–Trinajstić information content (AvgIpc) is 3.18. The van der Waals surface area contributed by atoms with Crippen LogP contribution in [0.4, 0.5) is 10.1 Å². The van der Waals surface area contributed by atoms with E-state index in [1.165, 1.54) is 23.9 Å². The molecule has 1 amide bonds. The first-order valence-electron chi connectivity index (χ1n) is 8.61. The van der Waals surface area contributed by atoms with Crippen LogP contribution in [0.25, 0.3) is 16.6 Å². The topological polar surface area (TPSA) is 72.4 Å². The van der Waals surface area contributed by atoms with E-state index in [-0.39, 0.29) is 17.3 Å². The normalized spacial score (nSPS) is 11.4. The average molecular weight is 463 g/mol. The van der Waals surface area contributed by atoms with E-state index in [4.69, 9.17) is 4.42 Å². The summed E-state index contributed by atoms with van der Waals surface area (Å²) in [5, 5.41) is 11.8. The van der Waals surface area contributed by atoms with Crippen LogP contribution in [0.15, 0.2) is 44.2 Å². The minimum absolute atomic E-state index is 0.0802. The predicted octanol–water partition coefficient (Wildman–Crippen LogP) is 4.98. The summed E-state index contributed by atoms with van der Waals surface area (Å²) in [5.74, 6) is 0.901. The number of nitrogens with one attached hydrogen (secondary N) is 1. The molecule has 1 N–H and O–H groups in total. The fourth-order valence-electron chi connectivity index (χ4n) is 2.99. The Morgan fingerprint density at radius 1 is 1.29 bits per heavy atom. The first-order valence-corrected chi connectivity index (χ1v) is 10.4. The Labute approximate surface area is 172 Å². The molecule has 3 heterocycles. The SMILES string of the molecule is CCc1nnc(SCC(=O)Nc2ccc(Br)cc2F)c2cc3oc(C)cc3n12. The monoisotopic (exact) mass is 462 g/mol. The van der Waals surface area contributed by atoms with Gasteiger partial charge >= 0.3 is 0 Å². The van der Waals surface area contributed by atoms with Crippen LogP contribution in [0.5, 0.6) is 0 Å². The number of carbonyl (C=O) groups is 1. The Bertz CT molecular complexity index is 1200. The smallest absolute Gasteiger partial charge is 0.234 e. The predicted molar refractivity (Wildman–Crippen MR) is 110 cm³/mol. The van der Waals surface area contributed by atoms with E-state index in [0.29, 0.717) is 15.9 Å². The highest BCUT2D eigenvalue weighted by Gasteiger charge is 2.17. The van der Waals surface area contributed by atoms with E-state index >= 15 is 0 Å². The molecule has 0 fully saturated rings. The maximum absolute atomic E-state index is 13.9. The van der Waals surface area contributed by atoms with Gasteiger partial charge in [-0.05, 0) is 25.1 Å². The van der Waals surface area contributed by atoms with Crippen molar-refractivity contribution in [3.8, 4) is 0 Å². The van der Waals surface area contributed by atoms with Gasteiger partial charge in [-0.1, -0.05) is 34.6 Å². The number of hydrogen-bond acceptors (Lipinski definition) is 5. The minimum atomic E-state index is -0.496. The lowest BCUT2D eigenvalue weighted by Crippen LogP contribution is -2.15. The summed E-state index contributed by atoms with van der Waals surface area (Å²) in [4.78, 5) is 12.3. The van der Waals surface area contributed by atoms with Gasteiger partial charge in [-0.15, -0.1) is 10.2 Å². The van der Waals surface area contributed by atoms with E-state index < -0.39 is 5.82 Å². The van der Waals surface area contributed by atoms with Gasteiger partial charge in [0.15, 0.2) is 5.58 Å². The molecule has 3 aromatic heterocycles. The molecule has 0 aliphatic carbocycles. The Morgan fingerprint density at radius 2 is 2.11 bits per heavy atom. The summed E-state index contributed by atoms with van der Waals surface area (Å²) < 4.78 is 22.2. The zero-order chi connectivity index (χ0) is 19.8. The fraction of sp³-hybridized carbons (Fsp3) is 0.211. The number of furan rings is 1. The molecule has 4 aromatic rings. The highest BCUT2D eigenvalue weighted by Crippen LogP contribution is 2.30. The van der Waals surface area contributed by atoms with Gasteiger partial charge in [-0.3, -0.25) is 9.20 Å². The van der Waals surface area contributed by atoms with Crippen LogP contribution in [-0.4, -0.2) is 26.3 Å². The van der Waals surface area contributed by atoms with Gasteiger partial charge in [0.1, 0.15) is 22.4 Å². The van der Waals surface area contributed by atoms with E-state index in [1.807, 2.05) is 30.4 Å². The number of aromatic nitrogens is 3. The number of carbonyl (C=O) groups excluding carboxylic acids is 1.